The lowest BCUT2D eigenvalue weighted by Gasteiger charge is -2.15. The first-order valence-corrected chi connectivity index (χ1v) is 7.07. The topological polar surface area (TPSA) is 66.3 Å². The van der Waals surface area contributed by atoms with Crippen LogP contribution in [0.15, 0.2) is 39.7 Å². The van der Waals surface area contributed by atoms with Gasteiger partial charge >= 0.3 is 0 Å². The van der Waals surface area contributed by atoms with Crippen molar-refractivity contribution >= 4 is 5.91 Å². The molecule has 2 aromatic heterocycles. The van der Waals surface area contributed by atoms with Crippen molar-refractivity contribution in [3.8, 4) is 0 Å². The van der Waals surface area contributed by atoms with E-state index in [4.69, 9.17) is 4.42 Å². The Morgan fingerprint density at radius 2 is 2.19 bits per heavy atom. The summed E-state index contributed by atoms with van der Waals surface area (Å²) < 4.78 is 5.80. The van der Waals surface area contributed by atoms with E-state index in [0.29, 0.717) is 23.9 Å². The molecule has 0 saturated heterocycles. The van der Waals surface area contributed by atoms with Crippen molar-refractivity contribution in [1.29, 1.82) is 0 Å². The largest absolute Gasteiger partial charge is 0.464 e. The molecule has 1 fully saturated rings. The van der Waals surface area contributed by atoms with Crippen LogP contribution in [-0.2, 0) is 6.54 Å². The highest BCUT2D eigenvalue weighted by atomic mass is 16.3. The smallest absolute Gasteiger partial charge is 0.254 e. The minimum atomic E-state index is -0.280. The summed E-state index contributed by atoms with van der Waals surface area (Å²) in [5.74, 6) is 2.81. The molecule has 1 amide bonds. The average Bonchev–Trinajstić information content (AvgIpc) is 3.01. The predicted octanol–water partition coefficient (Wildman–Crippen LogP) is 2.36. The molecule has 1 saturated carbocycles. The van der Waals surface area contributed by atoms with Gasteiger partial charge in [-0.15, -0.1) is 0 Å². The highest BCUT2D eigenvalue weighted by Crippen LogP contribution is 2.47. The van der Waals surface area contributed by atoms with Crippen LogP contribution in [-0.4, -0.2) is 22.8 Å². The summed E-state index contributed by atoms with van der Waals surface area (Å²) in [7, 11) is 1.70. The quantitative estimate of drug-likeness (QED) is 0.938. The number of aromatic nitrogens is 1. The molecule has 110 valence electrons. The molecule has 3 rings (SSSR count). The van der Waals surface area contributed by atoms with Gasteiger partial charge < -0.3 is 14.3 Å². The summed E-state index contributed by atoms with van der Waals surface area (Å²) in [6.45, 7) is 2.60. The average molecular weight is 286 g/mol. The van der Waals surface area contributed by atoms with Gasteiger partial charge in [-0.05, 0) is 30.5 Å². The van der Waals surface area contributed by atoms with Crippen LogP contribution in [0.1, 0.15) is 41.1 Å². The van der Waals surface area contributed by atoms with E-state index in [1.165, 1.54) is 18.7 Å². The number of carbonyl (C=O) groups is 1. The summed E-state index contributed by atoms with van der Waals surface area (Å²) in [4.78, 5) is 27.5. The maximum absolute atomic E-state index is 12.2. The second-order valence-electron chi connectivity index (χ2n) is 5.73. The molecule has 2 unspecified atom stereocenters. The zero-order valence-electron chi connectivity index (χ0n) is 12.1. The third kappa shape index (κ3) is 2.91. The SMILES string of the molecule is CC1CC1c1ccc(CN(C)C(=O)c2cc[nH]c(=O)c2)o1. The van der Waals surface area contributed by atoms with E-state index in [-0.39, 0.29) is 11.5 Å². The molecule has 0 aliphatic heterocycles. The van der Waals surface area contributed by atoms with Gasteiger partial charge in [0.25, 0.3) is 5.91 Å². The highest BCUT2D eigenvalue weighted by Gasteiger charge is 2.36. The van der Waals surface area contributed by atoms with Crippen LogP contribution < -0.4 is 5.56 Å². The van der Waals surface area contributed by atoms with Gasteiger partial charge in [-0.25, -0.2) is 0 Å². The van der Waals surface area contributed by atoms with Crippen LogP contribution in [0.25, 0.3) is 0 Å². The molecule has 0 spiro atoms. The number of hydrogen-bond donors (Lipinski definition) is 1. The van der Waals surface area contributed by atoms with Crippen LogP contribution >= 0.6 is 0 Å². The molecule has 2 aromatic rings. The van der Waals surface area contributed by atoms with E-state index < -0.39 is 0 Å². The monoisotopic (exact) mass is 286 g/mol. The van der Waals surface area contributed by atoms with Gasteiger partial charge in [-0.2, -0.15) is 0 Å². The molecule has 2 heterocycles. The first-order chi connectivity index (χ1) is 10.0. The van der Waals surface area contributed by atoms with Gasteiger partial charge in [0.15, 0.2) is 0 Å². The van der Waals surface area contributed by atoms with E-state index in [0.717, 1.165) is 11.5 Å². The molecule has 0 radical (unpaired) electrons. The van der Waals surface area contributed by atoms with Crippen LogP contribution in [0.4, 0.5) is 0 Å². The molecule has 1 aliphatic rings. The molecular formula is C16H18N2O3. The summed E-state index contributed by atoms with van der Waals surface area (Å²) in [5.41, 5.74) is 0.0982. The number of amides is 1. The van der Waals surface area contributed by atoms with E-state index >= 15 is 0 Å². The molecule has 1 N–H and O–H groups in total. The third-order valence-corrected chi connectivity index (χ3v) is 3.92. The fourth-order valence-electron chi connectivity index (χ4n) is 2.50. The van der Waals surface area contributed by atoms with E-state index in [2.05, 4.69) is 11.9 Å². The zero-order valence-corrected chi connectivity index (χ0v) is 12.1. The number of aromatic amines is 1. The zero-order chi connectivity index (χ0) is 15.0. The van der Waals surface area contributed by atoms with Crippen LogP contribution in [0.2, 0.25) is 0 Å². The molecule has 5 nitrogen and oxygen atoms in total. The van der Waals surface area contributed by atoms with Gasteiger partial charge in [0, 0.05) is 30.8 Å². The van der Waals surface area contributed by atoms with Crippen molar-refractivity contribution in [2.45, 2.75) is 25.8 Å². The number of carbonyl (C=O) groups excluding carboxylic acids is 1. The summed E-state index contributed by atoms with van der Waals surface area (Å²) >= 11 is 0. The predicted molar refractivity (Wildman–Crippen MR) is 78.1 cm³/mol. The number of pyridine rings is 1. The van der Waals surface area contributed by atoms with Gasteiger partial charge in [-0.3, -0.25) is 9.59 Å². The maximum atomic E-state index is 12.2. The van der Waals surface area contributed by atoms with E-state index in [1.54, 1.807) is 18.0 Å². The van der Waals surface area contributed by atoms with Crippen molar-refractivity contribution in [2.75, 3.05) is 7.05 Å². The molecule has 0 bridgehead atoms. The van der Waals surface area contributed by atoms with E-state index in [1.807, 2.05) is 12.1 Å². The fraction of sp³-hybridized carbons (Fsp3) is 0.375. The van der Waals surface area contributed by atoms with Crippen molar-refractivity contribution in [1.82, 2.24) is 9.88 Å². The Balaban J connectivity index is 1.68. The van der Waals surface area contributed by atoms with Crippen molar-refractivity contribution in [3.63, 3.8) is 0 Å². The Kier molecular flexibility index (Phi) is 3.41. The Morgan fingerprint density at radius 1 is 1.43 bits per heavy atom. The molecule has 1 aliphatic carbocycles. The van der Waals surface area contributed by atoms with Crippen LogP contribution in [0, 0.1) is 5.92 Å². The summed E-state index contributed by atoms with van der Waals surface area (Å²) in [5, 5.41) is 0. The Hall–Kier alpha value is -2.30. The molecule has 2 atom stereocenters. The standard InChI is InChI=1S/C16H18N2O3/c1-10-7-13(10)14-4-3-12(21-14)9-18(2)16(20)11-5-6-17-15(19)8-11/h3-6,8,10,13H,7,9H2,1-2H3,(H,17,19). The lowest BCUT2D eigenvalue weighted by atomic mass is 10.2. The van der Waals surface area contributed by atoms with Crippen molar-refractivity contribution in [2.24, 2.45) is 5.92 Å². The molecule has 5 heteroatoms. The van der Waals surface area contributed by atoms with Crippen molar-refractivity contribution in [3.05, 3.63) is 57.9 Å². The number of hydrogen-bond acceptors (Lipinski definition) is 3. The Labute approximate surface area is 122 Å². The second-order valence-corrected chi connectivity index (χ2v) is 5.73. The Morgan fingerprint density at radius 3 is 2.86 bits per heavy atom. The summed E-state index contributed by atoms with van der Waals surface area (Å²) in [6.07, 6.45) is 2.65. The lowest BCUT2D eigenvalue weighted by Crippen LogP contribution is -2.27. The highest BCUT2D eigenvalue weighted by molar-refractivity contribution is 5.93. The minimum Gasteiger partial charge on any atom is -0.464 e. The van der Waals surface area contributed by atoms with E-state index in [9.17, 15) is 9.59 Å². The molecule has 21 heavy (non-hydrogen) atoms. The number of furan rings is 1. The van der Waals surface area contributed by atoms with Crippen LogP contribution in [0.5, 0.6) is 0 Å². The molecule has 0 aromatic carbocycles. The first-order valence-electron chi connectivity index (χ1n) is 7.07. The normalized spacial score (nSPS) is 20.3. The number of H-pyrrole nitrogens is 1. The fourth-order valence-corrected chi connectivity index (χ4v) is 2.50. The van der Waals surface area contributed by atoms with Crippen molar-refractivity contribution < 1.29 is 9.21 Å². The third-order valence-electron chi connectivity index (χ3n) is 3.92. The Bertz CT molecular complexity index is 716. The first kappa shape index (κ1) is 13.7. The summed E-state index contributed by atoms with van der Waals surface area (Å²) in [6, 6.07) is 6.81. The number of nitrogens with zero attached hydrogens (tertiary/aromatic N) is 1. The van der Waals surface area contributed by atoms with Crippen LogP contribution in [0.3, 0.4) is 0 Å². The lowest BCUT2D eigenvalue weighted by molar-refractivity contribution is 0.0774. The van der Waals surface area contributed by atoms with Gasteiger partial charge in [0.05, 0.1) is 6.54 Å². The molecular weight excluding hydrogens is 268 g/mol. The second kappa shape index (κ2) is 5.24. The number of rotatable bonds is 4. The maximum Gasteiger partial charge on any atom is 0.254 e. The van der Waals surface area contributed by atoms with Gasteiger partial charge in [0.1, 0.15) is 11.5 Å². The number of nitrogens with one attached hydrogen (secondary N) is 1. The van der Waals surface area contributed by atoms with Gasteiger partial charge in [0.2, 0.25) is 5.56 Å². The minimum absolute atomic E-state index is 0.196. The van der Waals surface area contributed by atoms with Gasteiger partial charge in [-0.1, -0.05) is 6.92 Å².